The number of carbonyl (C=O) groups is 3. The molecule has 6 aliphatic rings. The fourth-order valence-corrected chi connectivity index (χ4v) is 13.4. The van der Waals surface area contributed by atoms with Crippen LogP contribution in [0.15, 0.2) is 48.6 Å². The summed E-state index contributed by atoms with van der Waals surface area (Å²) >= 11 is 0. The third kappa shape index (κ3) is 5.39. The first-order valence-corrected chi connectivity index (χ1v) is 21.2. The van der Waals surface area contributed by atoms with Gasteiger partial charge in [0.2, 0.25) is 5.60 Å². The molecule has 1 spiro atoms. The topological polar surface area (TPSA) is 154 Å². The Bertz CT molecular complexity index is 2240. The number of ether oxygens (including phenoxy) is 4. The molecule has 3 fully saturated rings. The van der Waals surface area contributed by atoms with Crippen molar-refractivity contribution in [2.24, 2.45) is 11.3 Å². The van der Waals surface area contributed by atoms with Crippen molar-refractivity contribution in [1.29, 1.82) is 0 Å². The van der Waals surface area contributed by atoms with Crippen LogP contribution in [0.3, 0.4) is 0 Å². The Morgan fingerprint density at radius 1 is 1.00 bits per heavy atom. The van der Waals surface area contributed by atoms with Crippen molar-refractivity contribution in [3.8, 4) is 5.75 Å². The number of piperidine rings is 1. The van der Waals surface area contributed by atoms with Gasteiger partial charge in [-0.1, -0.05) is 44.2 Å². The summed E-state index contributed by atoms with van der Waals surface area (Å²) in [6.45, 7) is 8.60. The standard InChI is InChI=1S/C46H58N4O9/c1-8-43(54)23-27-24-49(25-43)19-15-29-28-13-10-11-14-32(28)47-37(29)36(38(52)57-6)35(27)30-21-31-33(22-34(30)56-5)48(4)40-45(31)17-20-50-18-12-16-44(9-2,39(45)50)41(59-26(3)51)46(40,55)42(53)58-7/h10-14,16,21-22,27,35-36,39-41,47,54-55H,8-9,15,17-20,23-25H2,1-7H3/t27-,35-,36+,39-,40-,41+,43-,44+,45+,46-/m0/s1. The number of para-hydroxylation sites is 1. The lowest BCUT2D eigenvalue weighted by Crippen LogP contribution is -2.81. The Kier molecular flexibility index (Phi) is 9.54. The van der Waals surface area contributed by atoms with Crippen LogP contribution in [0.4, 0.5) is 5.69 Å². The fourth-order valence-electron chi connectivity index (χ4n) is 13.4. The second-order valence-corrected chi connectivity index (χ2v) is 18.1. The number of aromatic amines is 1. The van der Waals surface area contributed by atoms with E-state index in [0.717, 1.165) is 39.0 Å². The molecule has 9 rings (SSSR count). The van der Waals surface area contributed by atoms with E-state index in [-0.39, 0.29) is 17.9 Å². The molecule has 2 saturated heterocycles. The minimum absolute atomic E-state index is 0.200. The second kappa shape index (κ2) is 14.1. The van der Waals surface area contributed by atoms with Crippen molar-refractivity contribution in [3.05, 3.63) is 70.9 Å². The van der Waals surface area contributed by atoms with E-state index in [2.05, 4.69) is 39.1 Å². The third-order valence-corrected chi connectivity index (χ3v) is 15.6. The van der Waals surface area contributed by atoms with Gasteiger partial charge in [0.05, 0.1) is 33.0 Å². The summed E-state index contributed by atoms with van der Waals surface area (Å²) in [5.41, 5.74) is 0.247. The minimum Gasteiger partial charge on any atom is -0.496 e. The van der Waals surface area contributed by atoms with Gasteiger partial charge in [0.25, 0.3) is 0 Å². The highest BCUT2D eigenvalue weighted by Crippen LogP contribution is 2.68. The van der Waals surface area contributed by atoms with Gasteiger partial charge < -0.3 is 39.0 Å². The predicted molar refractivity (Wildman–Crippen MR) is 221 cm³/mol. The van der Waals surface area contributed by atoms with Crippen molar-refractivity contribution in [2.45, 2.75) is 99.5 Å². The van der Waals surface area contributed by atoms with Crippen molar-refractivity contribution in [1.82, 2.24) is 14.8 Å². The molecule has 1 aromatic heterocycles. The Morgan fingerprint density at radius 2 is 1.78 bits per heavy atom. The van der Waals surface area contributed by atoms with Crippen molar-refractivity contribution in [3.63, 3.8) is 0 Å². The number of aliphatic hydroxyl groups is 2. The lowest BCUT2D eigenvalue weighted by atomic mass is 9.47. The molecule has 11 atom stereocenters. The molecule has 0 amide bonds. The number of hydrogen-bond donors (Lipinski definition) is 3. The highest BCUT2D eigenvalue weighted by Gasteiger charge is 2.80. The summed E-state index contributed by atoms with van der Waals surface area (Å²) in [4.78, 5) is 52.5. The maximum atomic E-state index is 14.7. The zero-order valence-electron chi connectivity index (χ0n) is 35.2. The van der Waals surface area contributed by atoms with Crippen LogP contribution >= 0.6 is 0 Å². The number of esters is 3. The molecule has 5 aliphatic heterocycles. The first-order valence-electron chi connectivity index (χ1n) is 21.2. The van der Waals surface area contributed by atoms with E-state index in [0.29, 0.717) is 70.6 Å². The number of anilines is 1. The summed E-state index contributed by atoms with van der Waals surface area (Å²) < 4.78 is 23.7. The van der Waals surface area contributed by atoms with E-state index in [1.807, 2.05) is 50.1 Å². The van der Waals surface area contributed by atoms with Crippen LogP contribution in [0.2, 0.25) is 0 Å². The van der Waals surface area contributed by atoms with Gasteiger partial charge in [0, 0.05) is 91.3 Å². The van der Waals surface area contributed by atoms with Gasteiger partial charge in [-0.3, -0.25) is 19.4 Å². The predicted octanol–water partition coefficient (Wildman–Crippen LogP) is 4.18. The van der Waals surface area contributed by atoms with Crippen molar-refractivity contribution >= 4 is 34.5 Å². The maximum absolute atomic E-state index is 14.7. The van der Waals surface area contributed by atoms with Crippen LogP contribution in [0.25, 0.3) is 10.9 Å². The van der Waals surface area contributed by atoms with Crippen LogP contribution in [0, 0.1) is 11.3 Å². The Labute approximate surface area is 345 Å². The Hall–Kier alpha value is -4.43. The number of rotatable bonds is 7. The molecule has 13 nitrogen and oxygen atoms in total. The number of likely N-dealkylation sites (N-methyl/N-ethyl adjacent to an activating group) is 1. The van der Waals surface area contributed by atoms with Gasteiger partial charge in [0.15, 0.2) is 6.10 Å². The van der Waals surface area contributed by atoms with Gasteiger partial charge in [-0.25, -0.2) is 4.79 Å². The molecule has 3 aromatic rings. The average molecular weight is 811 g/mol. The van der Waals surface area contributed by atoms with Crippen LogP contribution in [0.5, 0.6) is 5.75 Å². The lowest BCUT2D eigenvalue weighted by molar-refractivity contribution is -0.228. The van der Waals surface area contributed by atoms with Gasteiger partial charge in [-0.05, 0) is 73.4 Å². The molecule has 316 valence electrons. The molecule has 2 bridgehead atoms. The number of benzene rings is 2. The highest BCUT2D eigenvalue weighted by atomic mass is 16.6. The number of methoxy groups -OCH3 is 3. The number of H-pyrrole nitrogens is 1. The average Bonchev–Trinajstić information content (AvgIpc) is 3.89. The van der Waals surface area contributed by atoms with E-state index in [1.165, 1.54) is 21.1 Å². The van der Waals surface area contributed by atoms with Gasteiger partial charge in [0.1, 0.15) is 11.7 Å². The van der Waals surface area contributed by atoms with Gasteiger partial charge in [-0.15, -0.1) is 0 Å². The zero-order valence-corrected chi connectivity index (χ0v) is 35.2. The lowest BCUT2D eigenvalue weighted by Gasteiger charge is -2.63. The molecule has 0 radical (unpaired) electrons. The number of nitrogens with one attached hydrogen (secondary N) is 1. The summed E-state index contributed by atoms with van der Waals surface area (Å²) in [6.07, 6.45) is 5.66. The quantitative estimate of drug-likeness (QED) is 0.178. The molecular weight excluding hydrogens is 753 g/mol. The first-order chi connectivity index (χ1) is 28.3. The van der Waals surface area contributed by atoms with Crippen LogP contribution in [-0.4, -0.2) is 133 Å². The van der Waals surface area contributed by atoms with Crippen LogP contribution < -0.4 is 9.64 Å². The summed E-state index contributed by atoms with van der Waals surface area (Å²) in [5, 5.41) is 26.6. The SMILES string of the molecule is CC[C@]1(O)C[C@H]2CN(CCc3c([nH]c4ccccc34)[C@H](C(=O)OC)[C@@H]2c2cc3c(cc2OC)N(C)[C@@H]2[C@@](O)(C(=O)OC)[C@H](OC(C)=O)[C@]4(CC)C=CCN5CC[C@]32[C@@H]54)C1. The molecule has 59 heavy (non-hydrogen) atoms. The van der Waals surface area contributed by atoms with E-state index in [4.69, 9.17) is 18.9 Å². The van der Waals surface area contributed by atoms with E-state index >= 15 is 0 Å². The monoisotopic (exact) mass is 810 g/mol. The summed E-state index contributed by atoms with van der Waals surface area (Å²) in [5.74, 6) is -2.80. The number of aromatic nitrogens is 1. The van der Waals surface area contributed by atoms with E-state index < -0.39 is 58.0 Å². The first kappa shape index (κ1) is 40.0. The van der Waals surface area contributed by atoms with Gasteiger partial charge >= 0.3 is 17.9 Å². The summed E-state index contributed by atoms with van der Waals surface area (Å²) in [6, 6.07) is 11.2. The fraction of sp³-hybridized carbons (Fsp3) is 0.587. The van der Waals surface area contributed by atoms with E-state index in [9.17, 15) is 24.6 Å². The third-order valence-electron chi connectivity index (χ3n) is 15.6. The zero-order chi connectivity index (χ0) is 41.8. The molecule has 6 heterocycles. The minimum atomic E-state index is -2.28. The Balaban J connectivity index is 1.34. The highest BCUT2D eigenvalue weighted by molar-refractivity contribution is 5.90. The molecule has 2 aromatic carbocycles. The molecular formula is C46H58N4O9. The number of nitrogens with zero attached hydrogens (tertiary/aromatic N) is 3. The largest absolute Gasteiger partial charge is 0.496 e. The smallest absolute Gasteiger partial charge is 0.344 e. The van der Waals surface area contributed by atoms with Crippen LogP contribution in [-0.2, 0) is 40.4 Å². The molecule has 1 unspecified atom stereocenters. The molecule has 13 heteroatoms. The molecule has 1 saturated carbocycles. The number of fused-ring (bicyclic) bond motifs is 6. The van der Waals surface area contributed by atoms with Crippen molar-refractivity contribution in [2.75, 3.05) is 66.0 Å². The van der Waals surface area contributed by atoms with E-state index in [1.54, 1.807) is 7.11 Å². The maximum Gasteiger partial charge on any atom is 0.344 e. The van der Waals surface area contributed by atoms with Gasteiger partial charge in [-0.2, -0.15) is 0 Å². The van der Waals surface area contributed by atoms with Crippen LogP contribution in [0.1, 0.15) is 80.7 Å². The normalized spacial score (nSPS) is 37.0. The summed E-state index contributed by atoms with van der Waals surface area (Å²) in [7, 11) is 6.21. The Morgan fingerprint density at radius 3 is 2.47 bits per heavy atom. The number of carbonyl (C=O) groups excluding carboxylic acids is 3. The molecule has 1 aliphatic carbocycles. The van der Waals surface area contributed by atoms with Crippen molar-refractivity contribution < 1.29 is 43.5 Å². The second-order valence-electron chi connectivity index (χ2n) is 18.1. The molecule has 3 N–H and O–H groups in total. The number of hydrogen-bond acceptors (Lipinski definition) is 12.